The summed E-state index contributed by atoms with van der Waals surface area (Å²) in [6.45, 7) is 3.94. The number of rotatable bonds is 2. The number of likely N-dealkylation sites (tertiary alicyclic amines) is 1. The number of thiazole rings is 1. The molecule has 3 nitrogen and oxygen atoms in total. The molecule has 0 N–H and O–H groups in total. The van der Waals surface area contributed by atoms with E-state index < -0.39 is 0 Å². The Morgan fingerprint density at radius 3 is 3.11 bits per heavy atom. The molecule has 3 rings (SSSR count). The first-order chi connectivity index (χ1) is 9.24. The minimum atomic E-state index is 0.0873. The third kappa shape index (κ3) is 2.72. The number of piperidine rings is 1. The molecule has 1 fully saturated rings. The molecule has 0 aliphatic carbocycles. The molecule has 2 aromatic rings. The molecule has 1 aliphatic heterocycles. The Labute approximate surface area is 120 Å². The number of carbonyl (C=O) groups excluding carboxylic acids is 1. The van der Waals surface area contributed by atoms with E-state index in [1.165, 1.54) is 6.42 Å². The van der Waals surface area contributed by atoms with Crippen LogP contribution in [-0.4, -0.2) is 28.9 Å². The number of hydrogen-bond acceptors (Lipinski definition) is 4. The van der Waals surface area contributed by atoms with Crippen LogP contribution in [0, 0.1) is 5.92 Å². The molecule has 5 heteroatoms. The van der Waals surface area contributed by atoms with Crippen molar-refractivity contribution in [1.82, 2.24) is 9.88 Å². The molecular formula is C14H16N2OS2. The lowest BCUT2D eigenvalue weighted by Gasteiger charge is -2.30. The van der Waals surface area contributed by atoms with Crippen LogP contribution in [0.4, 0.5) is 0 Å². The summed E-state index contributed by atoms with van der Waals surface area (Å²) in [5.41, 5.74) is 1.71. The van der Waals surface area contributed by atoms with Gasteiger partial charge in [0.2, 0.25) is 0 Å². The first-order valence-corrected chi connectivity index (χ1v) is 8.33. The van der Waals surface area contributed by atoms with E-state index in [0.29, 0.717) is 11.6 Å². The third-order valence-electron chi connectivity index (χ3n) is 3.44. The average Bonchev–Trinajstić information content (AvgIpc) is 3.08. The van der Waals surface area contributed by atoms with E-state index in [1.54, 1.807) is 22.7 Å². The Kier molecular flexibility index (Phi) is 3.66. The minimum Gasteiger partial charge on any atom is -0.337 e. The fraction of sp³-hybridized carbons (Fsp3) is 0.429. The lowest BCUT2D eigenvalue weighted by molar-refractivity contribution is 0.0678. The van der Waals surface area contributed by atoms with Gasteiger partial charge in [0.1, 0.15) is 10.7 Å². The van der Waals surface area contributed by atoms with Gasteiger partial charge in [-0.15, -0.1) is 11.3 Å². The largest absolute Gasteiger partial charge is 0.337 e. The van der Waals surface area contributed by atoms with Crippen molar-refractivity contribution in [3.63, 3.8) is 0 Å². The second-order valence-corrected chi connectivity index (χ2v) is 6.69. The molecule has 2 aromatic heterocycles. The fourth-order valence-corrected chi connectivity index (χ4v) is 3.93. The second kappa shape index (κ2) is 5.43. The van der Waals surface area contributed by atoms with Gasteiger partial charge >= 0.3 is 0 Å². The van der Waals surface area contributed by atoms with Crippen LogP contribution < -0.4 is 0 Å². The SMILES string of the molecule is CC1CCCN(C(=O)c2csc(-c3ccsc3)n2)C1. The maximum absolute atomic E-state index is 12.4. The summed E-state index contributed by atoms with van der Waals surface area (Å²) in [5.74, 6) is 0.692. The van der Waals surface area contributed by atoms with Gasteiger partial charge in [-0.3, -0.25) is 4.79 Å². The zero-order valence-electron chi connectivity index (χ0n) is 10.8. The standard InChI is InChI=1S/C14H16N2OS2/c1-10-3-2-5-16(7-10)14(17)12-9-19-13(15-12)11-4-6-18-8-11/h4,6,8-10H,2-3,5,7H2,1H3. The highest BCUT2D eigenvalue weighted by atomic mass is 32.1. The van der Waals surface area contributed by atoms with Gasteiger partial charge in [0.25, 0.3) is 5.91 Å². The summed E-state index contributed by atoms with van der Waals surface area (Å²) in [4.78, 5) is 18.8. The van der Waals surface area contributed by atoms with E-state index in [1.807, 2.05) is 21.7 Å². The zero-order chi connectivity index (χ0) is 13.2. The molecular weight excluding hydrogens is 276 g/mol. The monoisotopic (exact) mass is 292 g/mol. The summed E-state index contributed by atoms with van der Waals surface area (Å²) in [6.07, 6.45) is 2.33. The lowest BCUT2D eigenvalue weighted by Crippen LogP contribution is -2.39. The molecule has 3 heterocycles. The molecule has 0 aromatic carbocycles. The highest BCUT2D eigenvalue weighted by Gasteiger charge is 2.23. The van der Waals surface area contributed by atoms with Crippen molar-refractivity contribution in [2.45, 2.75) is 19.8 Å². The van der Waals surface area contributed by atoms with Crippen molar-refractivity contribution < 1.29 is 4.79 Å². The molecule has 0 spiro atoms. The third-order valence-corrected chi connectivity index (χ3v) is 5.01. The van der Waals surface area contributed by atoms with E-state index in [0.717, 1.165) is 30.1 Å². The van der Waals surface area contributed by atoms with Crippen LogP contribution in [0.25, 0.3) is 10.6 Å². The van der Waals surface area contributed by atoms with Gasteiger partial charge in [0.15, 0.2) is 0 Å². The predicted octanol–water partition coefficient (Wildman–Crippen LogP) is 3.74. The summed E-state index contributed by atoms with van der Waals surface area (Å²) in [5, 5.41) is 6.92. The van der Waals surface area contributed by atoms with Crippen molar-refractivity contribution in [2.75, 3.05) is 13.1 Å². The zero-order valence-corrected chi connectivity index (χ0v) is 12.5. The Balaban J connectivity index is 1.77. The number of amides is 1. The molecule has 0 bridgehead atoms. The number of aromatic nitrogens is 1. The molecule has 1 amide bonds. The summed E-state index contributed by atoms with van der Waals surface area (Å²) < 4.78 is 0. The molecule has 0 saturated carbocycles. The molecule has 1 atom stereocenters. The van der Waals surface area contributed by atoms with Crippen molar-refractivity contribution in [1.29, 1.82) is 0 Å². The normalized spacial score (nSPS) is 19.6. The Morgan fingerprint density at radius 2 is 2.37 bits per heavy atom. The van der Waals surface area contributed by atoms with Crippen LogP contribution in [0.15, 0.2) is 22.2 Å². The van der Waals surface area contributed by atoms with Crippen molar-refractivity contribution >= 4 is 28.6 Å². The van der Waals surface area contributed by atoms with E-state index in [-0.39, 0.29) is 5.91 Å². The van der Waals surface area contributed by atoms with Crippen LogP contribution in [0.2, 0.25) is 0 Å². The van der Waals surface area contributed by atoms with Gasteiger partial charge in [-0.05, 0) is 30.2 Å². The molecule has 0 radical (unpaired) electrons. The first-order valence-electron chi connectivity index (χ1n) is 6.51. The van der Waals surface area contributed by atoms with E-state index in [2.05, 4.69) is 17.3 Å². The van der Waals surface area contributed by atoms with E-state index in [4.69, 9.17) is 0 Å². The Morgan fingerprint density at radius 1 is 1.47 bits per heavy atom. The van der Waals surface area contributed by atoms with Crippen molar-refractivity contribution in [3.05, 3.63) is 27.9 Å². The maximum Gasteiger partial charge on any atom is 0.273 e. The van der Waals surface area contributed by atoms with Crippen LogP contribution in [0.1, 0.15) is 30.3 Å². The van der Waals surface area contributed by atoms with Gasteiger partial charge in [-0.1, -0.05) is 6.92 Å². The molecule has 100 valence electrons. The number of hydrogen-bond donors (Lipinski definition) is 0. The quantitative estimate of drug-likeness (QED) is 0.844. The van der Waals surface area contributed by atoms with Gasteiger partial charge in [0.05, 0.1) is 0 Å². The van der Waals surface area contributed by atoms with Crippen molar-refractivity contribution in [2.24, 2.45) is 5.92 Å². The van der Waals surface area contributed by atoms with Crippen LogP contribution in [0.5, 0.6) is 0 Å². The predicted molar refractivity (Wildman–Crippen MR) is 79.7 cm³/mol. The highest BCUT2D eigenvalue weighted by Crippen LogP contribution is 2.26. The van der Waals surface area contributed by atoms with E-state index >= 15 is 0 Å². The average molecular weight is 292 g/mol. The van der Waals surface area contributed by atoms with Crippen LogP contribution in [0.3, 0.4) is 0 Å². The maximum atomic E-state index is 12.4. The number of nitrogens with zero attached hydrogens (tertiary/aromatic N) is 2. The highest BCUT2D eigenvalue weighted by molar-refractivity contribution is 7.14. The molecule has 1 unspecified atom stereocenters. The molecule has 1 aliphatic rings. The van der Waals surface area contributed by atoms with Gasteiger partial charge in [0, 0.05) is 29.4 Å². The number of carbonyl (C=O) groups is 1. The van der Waals surface area contributed by atoms with E-state index in [9.17, 15) is 4.79 Å². The molecule has 19 heavy (non-hydrogen) atoms. The van der Waals surface area contributed by atoms with Crippen molar-refractivity contribution in [3.8, 4) is 10.6 Å². The van der Waals surface area contributed by atoms with Crippen LogP contribution >= 0.6 is 22.7 Å². The topological polar surface area (TPSA) is 33.2 Å². The van der Waals surface area contributed by atoms with Gasteiger partial charge in [-0.2, -0.15) is 11.3 Å². The summed E-state index contributed by atoms with van der Waals surface area (Å²) >= 11 is 3.20. The first kappa shape index (κ1) is 12.8. The number of thiophene rings is 1. The van der Waals surface area contributed by atoms with Gasteiger partial charge < -0.3 is 4.90 Å². The fourth-order valence-electron chi connectivity index (χ4n) is 2.43. The molecule has 1 saturated heterocycles. The summed E-state index contributed by atoms with van der Waals surface area (Å²) in [7, 11) is 0. The smallest absolute Gasteiger partial charge is 0.273 e. The Hall–Kier alpha value is -1.20. The summed E-state index contributed by atoms with van der Waals surface area (Å²) in [6, 6.07) is 2.04. The van der Waals surface area contributed by atoms with Crippen LogP contribution in [-0.2, 0) is 0 Å². The second-order valence-electron chi connectivity index (χ2n) is 5.05. The lowest BCUT2D eigenvalue weighted by atomic mass is 10.0. The minimum absolute atomic E-state index is 0.0873. The van der Waals surface area contributed by atoms with Gasteiger partial charge in [-0.25, -0.2) is 4.98 Å². The Bertz CT molecular complexity index is 562.